The normalized spacial score (nSPS) is 10.9. The second kappa shape index (κ2) is 10.2. The number of benzene rings is 2. The molecule has 0 unspecified atom stereocenters. The van der Waals surface area contributed by atoms with Gasteiger partial charge < -0.3 is 15.0 Å². The number of nitrogens with one attached hydrogen (secondary N) is 1. The second-order valence-electron chi connectivity index (χ2n) is 7.47. The minimum Gasteiger partial charge on any atom is -0.497 e. The Kier molecular flexibility index (Phi) is 7.15. The van der Waals surface area contributed by atoms with Crippen LogP contribution in [0.15, 0.2) is 65.3 Å². The molecule has 1 amide bonds. The Morgan fingerprint density at radius 2 is 2.03 bits per heavy atom. The van der Waals surface area contributed by atoms with Crippen LogP contribution in [-0.4, -0.2) is 52.7 Å². The zero-order valence-corrected chi connectivity index (χ0v) is 20.6. The van der Waals surface area contributed by atoms with Crippen molar-refractivity contribution in [2.45, 2.75) is 6.42 Å². The Hall–Kier alpha value is -3.10. The number of amides is 1. The quantitative estimate of drug-likeness (QED) is 0.310. The number of methoxy groups -OCH3 is 1. The molecule has 0 spiro atoms. The van der Waals surface area contributed by atoms with E-state index in [1.54, 1.807) is 41.9 Å². The molecule has 4 aromatic rings. The molecule has 2 aromatic carbocycles. The van der Waals surface area contributed by atoms with E-state index in [2.05, 4.69) is 26.3 Å². The standard InChI is InChI=1S/C24H23BrClN5O2/c1-30(24(32)16-7-5-8-17(13-16)33-2)12-6-11-27-22-14-21(18-9-3-4-10-20(18)26)29-23-19(25)15-28-31(22)23/h3-5,7-10,13-15,27H,6,11-12H2,1-2H3. The molecular weight excluding hydrogens is 506 g/mol. The van der Waals surface area contributed by atoms with E-state index in [-0.39, 0.29) is 5.91 Å². The number of hydrogen-bond acceptors (Lipinski definition) is 5. The number of carbonyl (C=O) groups excluding carboxylic acids is 1. The van der Waals surface area contributed by atoms with Crippen LogP contribution in [0.4, 0.5) is 5.82 Å². The lowest BCUT2D eigenvalue weighted by molar-refractivity contribution is 0.0794. The number of fused-ring (bicyclic) bond motifs is 1. The maximum absolute atomic E-state index is 12.7. The van der Waals surface area contributed by atoms with Gasteiger partial charge in [0.25, 0.3) is 5.91 Å². The molecule has 33 heavy (non-hydrogen) atoms. The lowest BCUT2D eigenvalue weighted by Gasteiger charge is -2.18. The van der Waals surface area contributed by atoms with E-state index in [9.17, 15) is 4.79 Å². The van der Waals surface area contributed by atoms with Crippen molar-refractivity contribution in [1.82, 2.24) is 19.5 Å². The number of hydrogen-bond donors (Lipinski definition) is 1. The van der Waals surface area contributed by atoms with Crippen LogP contribution < -0.4 is 10.1 Å². The van der Waals surface area contributed by atoms with Gasteiger partial charge in [0.2, 0.25) is 0 Å². The largest absolute Gasteiger partial charge is 0.497 e. The summed E-state index contributed by atoms with van der Waals surface area (Å²) in [6, 6.07) is 16.7. The van der Waals surface area contributed by atoms with Crippen LogP contribution in [0.2, 0.25) is 5.02 Å². The number of rotatable bonds is 8. The highest BCUT2D eigenvalue weighted by molar-refractivity contribution is 9.10. The first kappa shape index (κ1) is 23.1. The molecule has 2 heterocycles. The maximum Gasteiger partial charge on any atom is 0.253 e. The van der Waals surface area contributed by atoms with Crippen molar-refractivity contribution in [1.29, 1.82) is 0 Å². The minimum absolute atomic E-state index is 0.0442. The van der Waals surface area contributed by atoms with E-state index in [1.807, 2.05) is 42.5 Å². The van der Waals surface area contributed by atoms with Gasteiger partial charge >= 0.3 is 0 Å². The molecule has 0 atom stereocenters. The van der Waals surface area contributed by atoms with E-state index in [1.165, 1.54) is 0 Å². The topological polar surface area (TPSA) is 71.8 Å². The number of ether oxygens (including phenoxy) is 1. The van der Waals surface area contributed by atoms with Crippen LogP contribution in [0.5, 0.6) is 5.75 Å². The van der Waals surface area contributed by atoms with Crippen LogP contribution >= 0.6 is 27.5 Å². The molecule has 0 fully saturated rings. The van der Waals surface area contributed by atoms with Crippen molar-refractivity contribution >= 4 is 44.9 Å². The molecule has 1 N–H and O–H groups in total. The number of aromatic nitrogens is 3. The summed E-state index contributed by atoms with van der Waals surface area (Å²) < 4.78 is 7.75. The van der Waals surface area contributed by atoms with E-state index in [0.717, 1.165) is 28.0 Å². The second-order valence-corrected chi connectivity index (χ2v) is 8.73. The fourth-order valence-corrected chi connectivity index (χ4v) is 4.06. The Labute approximate surface area is 205 Å². The summed E-state index contributed by atoms with van der Waals surface area (Å²) in [6.45, 7) is 1.24. The number of carbonyl (C=O) groups is 1. The zero-order valence-electron chi connectivity index (χ0n) is 18.3. The molecule has 0 aliphatic rings. The zero-order chi connectivity index (χ0) is 23.4. The van der Waals surface area contributed by atoms with Gasteiger partial charge in [-0.1, -0.05) is 35.9 Å². The number of nitrogens with zero attached hydrogens (tertiary/aromatic N) is 4. The van der Waals surface area contributed by atoms with Gasteiger partial charge in [-0.2, -0.15) is 9.61 Å². The lowest BCUT2D eigenvalue weighted by Crippen LogP contribution is -2.29. The van der Waals surface area contributed by atoms with Crippen LogP contribution in [0.25, 0.3) is 16.9 Å². The molecular formula is C24H23BrClN5O2. The first-order valence-electron chi connectivity index (χ1n) is 10.4. The van der Waals surface area contributed by atoms with Crippen LogP contribution in [0, 0.1) is 0 Å². The van der Waals surface area contributed by atoms with Crippen molar-refractivity contribution in [3.63, 3.8) is 0 Å². The van der Waals surface area contributed by atoms with E-state index >= 15 is 0 Å². The minimum atomic E-state index is -0.0442. The average Bonchev–Trinajstić information content (AvgIpc) is 3.22. The third kappa shape index (κ3) is 5.12. The number of halogens is 2. The predicted octanol–water partition coefficient (Wildman–Crippen LogP) is 5.40. The Balaban J connectivity index is 1.45. The predicted molar refractivity (Wildman–Crippen MR) is 134 cm³/mol. The SMILES string of the molecule is COc1cccc(C(=O)N(C)CCCNc2cc(-c3ccccc3Cl)nc3c(Br)cnn23)c1. The third-order valence-electron chi connectivity index (χ3n) is 5.22. The van der Waals surface area contributed by atoms with E-state index in [0.29, 0.717) is 35.1 Å². The van der Waals surface area contributed by atoms with Gasteiger partial charge in [0, 0.05) is 42.4 Å². The fourth-order valence-electron chi connectivity index (χ4n) is 3.48. The van der Waals surface area contributed by atoms with Crippen LogP contribution in [0.1, 0.15) is 16.8 Å². The van der Waals surface area contributed by atoms with Crippen molar-refractivity contribution in [2.24, 2.45) is 0 Å². The van der Waals surface area contributed by atoms with Gasteiger partial charge in [0.15, 0.2) is 5.65 Å². The molecule has 0 aliphatic heterocycles. The Bertz CT molecular complexity index is 1290. The summed E-state index contributed by atoms with van der Waals surface area (Å²) in [5.74, 6) is 1.41. The Morgan fingerprint density at radius 1 is 1.21 bits per heavy atom. The average molecular weight is 529 g/mol. The Morgan fingerprint density at radius 3 is 2.82 bits per heavy atom. The van der Waals surface area contributed by atoms with Gasteiger partial charge in [-0.3, -0.25) is 4.79 Å². The highest BCUT2D eigenvalue weighted by Crippen LogP contribution is 2.30. The highest BCUT2D eigenvalue weighted by Gasteiger charge is 2.14. The lowest BCUT2D eigenvalue weighted by atomic mass is 10.1. The first-order chi connectivity index (χ1) is 16.0. The summed E-state index contributed by atoms with van der Waals surface area (Å²) in [4.78, 5) is 19.1. The van der Waals surface area contributed by atoms with Crippen molar-refractivity contribution in [2.75, 3.05) is 32.6 Å². The maximum atomic E-state index is 12.7. The van der Waals surface area contributed by atoms with Crippen LogP contribution in [-0.2, 0) is 0 Å². The monoisotopic (exact) mass is 527 g/mol. The molecule has 0 saturated heterocycles. The van der Waals surface area contributed by atoms with Gasteiger partial charge in [-0.25, -0.2) is 4.98 Å². The summed E-state index contributed by atoms with van der Waals surface area (Å²) in [5, 5.41) is 8.46. The summed E-state index contributed by atoms with van der Waals surface area (Å²) in [6.07, 6.45) is 2.46. The van der Waals surface area contributed by atoms with Gasteiger partial charge in [-0.15, -0.1) is 0 Å². The molecule has 4 rings (SSSR count). The first-order valence-corrected chi connectivity index (χ1v) is 11.6. The molecule has 7 nitrogen and oxygen atoms in total. The van der Waals surface area contributed by atoms with E-state index in [4.69, 9.17) is 21.3 Å². The third-order valence-corrected chi connectivity index (χ3v) is 6.11. The molecule has 170 valence electrons. The van der Waals surface area contributed by atoms with E-state index < -0.39 is 0 Å². The molecule has 2 aromatic heterocycles. The summed E-state index contributed by atoms with van der Waals surface area (Å²) in [5.41, 5.74) is 2.90. The van der Waals surface area contributed by atoms with Crippen molar-refractivity contribution in [3.8, 4) is 17.0 Å². The van der Waals surface area contributed by atoms with Crippen molar-refractivity contribution in [3.05, 3.63) is 75.9 Å². The molecule has 9 heteroatoms. The highest BCUT2D eigenvalue weighted by atomic mass is 79.9. The van der Waals surface area contributed by atoms with Gasteiger partial charge in [-0.05, 0) is 46.6 Å². The van der Waals surface area contributed by atoms with Crippen LogP contribution in [0.3, 0.4) is 0 Å². The summed E-state index contributed by atoms with van der Waals surface area (Å²) >= 11 is 9.91. The number of anilines is 1. The molecule has 0 saturated carbocycles. The van der Waals surface area contributed by atoms with Gasteiger partial charge in [0.05, 0.1) is 23.5 Å². The summed E-state index contributed by atoms with van der Waals surface area (Å²) in [7, 11) is 3.39. The molecule has 0 aliphatic carbocycles. The smallest absolute Gasteiger partial charge is 0.253 e. The molecule has 0 radical (unpaired) electrons. The molecule has 0 bridgehead atoms. The van der Waals surface area contributed by atoms with Crippen molar-refractivity contribution < 1.29 is 9.53 Å². The van der Waals surface area contributed by atoms with Gasteiger partial charge in [0.1, 0.15) is 11.6 Å². The fraction of sp³-hybridized carbons (Fsp3) is 0.208.